The van der Waals surface area contributed by atoms with Crippen molar-refractivity contribution in [1.82, 2.24) is 9.78 Å². The van der Waals surface area contributed by atoms with E-state index in [9.17, 15) is 10.2 Å². The van der Waals surface area contributed by atoms with E-state index < -0.39 is 0 Å². The minimum absolute atomic E-state index is 0.0373. The van der Waals surface area contributed by atoms with Crippen molar-refractivity contribution in [3.8, 4) is 45.5 Å². The van der Waals surface area contributed by atoms with Gasteiger partial charge in [0.2, 0.25) is 5.75 Å². The van der Waals surface area contributed by atoms with Crippen molar-refractivity contribution < 1.29 is 19.7 Å². The van der Waals surface area contributed by atoms with Crippen LogP contribution in [-0.4, -0.2) is 34.2 Å². The Bertz CT molecular complexity index is 844. The number of hydrogen-bond donors (Lipinski definition) is 2. The molecule has 0 saturated carbocycles. The van der Waals surface area contributed by atoms with Crippen LogP contribution in [-0.2, 0) is 7.05 Å². The molecule has 124 valence electrons. The maximum atomic E-state index is 10.0. The molecule has 2 N–H and O–H groups in total. The average Bonchev–Trinajstić information content (AvgIpc) is 2.97. The van der Waals surface area contributed by atoms with Crippen LogP contribution < -0.4 is 9.47 Å². The van der Waals surface area contributed by atoms with Crippen molar-refractivity contribution in [2.75, 3.05) is 14.2 Å². The van der Waals surface area contributed by atoms with Crippen molar-refractivity contribution >= 4 is 0 Å². The summed E-state index contributed by atoms with van der Waals surface area (Å²) in [5, 5.41) is 24.0. The van der Waals surface area contributed by atoms with Crippen molar-refractivity contribution in [3.05, 3.63) is 42.5 Å². The number of nitrogens with zero attached hydrogens (tertiary/aromatic N) is 2. The van der Waals surface area contributed by atoms with Gasteiger partial charge in [-0.2, -0.15) is 5.10 Å². The van der Waals surface area contributed by atoms with E-state index in [2.05, 4.69) is 5.10 Å². The lowest BCUT2D eigenvalue weighted by molar-refractivity contribution is 0.340. The second-order valence-electron chi connectivity index (χ2n) is 5.31. The largest absolute Gasteiger partial charge is 0.508 e. The van der Waals surface area contributed by atoms with Crippen LogP contribution in [0.25, 0.3) is 22.5 Å². The van der Waals surface area contributed by atoms with Crippen LogP contribution in [0.3, 0.4) is 0 Å². The maximum absolute atomic E-state index is 10.0. The molecule has 0 radical (unpaired) electrons. The normalized spacial score (nSPS) is 10.6. The van der Waals surface area contributed by atoms with E-state index in [0.29, 0.717) is 11.5 Å². The molecule has 0 bridgehead atoms. The first kappa shape index (κ1) is 15.7. The zero-order valence-corrected chi connectivity index (χ0v) is 13.6. The number of methoxy groups -OCH3 is 2. The van der Waals surface area contributed by atoms with Gasteiger partial charge in [-0.15, -0.1) is 0 Å². The molecule has 6 heteroatoms. The van der Waals surface area contributed by atoms with E-state index in [0.717, 1.165) is 22.5 Å². The third kappa shape index (κ3) is 2.74. The van der Waals surface area contributed by atoms with E-state index >= 15 is 0 Å². The van der Waals surface area contributed by atoms with E-state index in [1.54, 1.807) is 41.1 Å². The average molecular weight is 326 g/mol. The molecule has 3 aromatic rings. The molecule has 0 atom stereocenters. The van der Waals surface area contributed by atoms with E-state index in [1.807, 2.05) is 13.1 Å². The Hall–Kier alpha value is -3.15. The molecule has 24 heavy (non-hydrogen) atoms. The molecule has 0 aliphatic heterocycles. The summed E-state index contributed by atoms with van der Waals surface area (Å²) in [6.07, 6.45) is 0. The SMILES string of the molecule is COc1cc(-c2cc(-c3ccc(O)cc3)nn2C)cc(OC)c1O. The fourth-order valence-electron chi connectivity index (χ4n) is 2.55. The second kappa shape index (κ2) is 6.16. The summed E-state index contributed by atoms with van der Waals surface area (Å²) in [6, 6.07) is 12.2. The van der Waals surface area contributed by atoms with Crippen LogP contribution in [0.15, 0.2) is 42.5 Å². The van der Waals surface area contributed by atoms with Crippen LogP contribution >= 0.6 is 0 Å². The molecular weight excluding hydrogens is 308 g/mol. The zero-order valence-electron chi connectivity index (χ0n) is 13.6. The van der Waals surface area contributed by atoms with Crippen molar-refractivity contribution in [1.29, 1.82) is 0 Å². The molecule has 0 aliphatic carbocycles. The van der Waals surface area contributed by atoms with E-state index in [-0.39, 0.29) is 11.5 Å². The molecule has 0 aliphatic rings. The molecule has 0 amide bonds. The highest BCUT2D eigenvalue weighted by Gasteiger charge is 2.16. The number of benzene rings is 2. The summed E-state index contributed by atoms with van der Waals surface area (Å²) in [7, 11) is 4.82. The fourth-order valence-corrected chi connectivity index (χ4v) is 2.55. The van der Waals surface area contributed by atoms with Gasteiger partial charge in [0.05, 0.1) is 25.6 Å². The molecule has 1 heterocycles. The summed E-state index contributed by atoms with van der Waals surface area (Å²) >= 11 is 0. The summed E-state index contributed by atoms with van der Waals surface area (Å²) in [5.41, 5.74) is 3.32. The third-order valence-corrected chi connectivity index (χ3v) is 3.82. The highest BCUT2D eigenvalue weighted by Crippen LogP contribution is 2.40. The number of phenolic OH excluding ortho intramolecular Hbond substituents is 2. The number of aromatic hydroxyl groups is 2. The van der Waals surface area contributed by atoms with Gasteiger partial charge in [0.25, 0.3) is 0 Å². The maximum Gasteiger partial charge on any atom is 0.200 e. The Morgan fingerprint density at radius 2 is 1.46 bits per heavy atom. The van der Waals surface area contributed by atoms with Crippen LogP contribution in [0.5, 0.6) is 23.0 Å². The molecule has 1 aromatic heterocycles. The number of aryl methyl sites for hydroxylation is 1. The van der Waals surface area contributed by atoms with Crippen molar-refractivity contribution in [3.63, 3.8) is 0 Å². The first-order chi connectivity index (χ1) is 11.5. The number of ether oxygens (including phenoxy) is 2. The lowest BCUT2D eigenvalue weighted by Crippen LogP contribution is -1.96. The molecule has 3 rings (SSSR count). The van der Waals surface area contributed by atoms with Crippen LogP contribution in [0.4, 0.5) is 0 Å². The Kier molecular flexibility index (Phi) is 4.04. The lowest BCUT2D eigenvalue weighted by atomic mass is 10.1. The topological polar surface area (TPSA) is 76.7 Å². The molecule has 2 aromatic carbocycles. The second-order valence-corrected chi connectivity index (χ2v) is 5.31. The highest BCUT2D eigenvalue weighted by molar-refractivity contribution is 5.73. The minimum atomic E-state index is -0.0373. The lowest BCUT2D eigenvalue weighted by Gasteiger charge is -2.11. The smallest absolute Gasteiger partial charge is 0.200 e. The number of aromatic nitrogens is 2. The quantitative estimate of drug-likeness (QED) is 0.770. The first-order valence-corrected chi connectivity index (χ1v) is 7.32. The zero-order chi connectivity index (χ0) is 17.3. The summed E-state index contributed by atoms with van der Waals surface area (Å²) < 4.78 is 12.2. The Labute approximate surface area is 139 Å². The molecule has 0 unspecified atom stereocenters. The fraction of sp³-hybridized carbons (Fsp3) is 0.167. The third-order valence-electron chi connectivity index (χ3n) is 3.82. The Balaban J connectivity index is 2.09. The first-order valence-electron chi connectivity index (χ1n) is 7.32. The van der Waals surface area contributed by atoms with Crippen LogP contribution in [0.1, 0.15) is 0 Å². The van der Waals surface area contributed by atoms with Crippen molar-refractivity contribution in [2.45, 2.75) is 0 Å². The van der Waals surface area contributed by atoms with Gasteiger partial charge in [-0.25, -0.2) is 0 Å². The standard InChI is InChI=1S/C18H18N2O4/c1-20-15(10-14(19-20)11-4-6-13(21)7-5-11)12-8-16(23-2)18(22)17(9-12)24-3/h4-10,21-22H,1-3H3. The van der Waals surface area contributed by atoms with Gasteiger partial charge in [0, 0.05) is 18.2 Å². The monoisotopic (exact) mass is 326 g/mol. The molecule has 0 spiro atoms. The summed E-state index contributed by atoms with van der Waals surface area (Å²) in [6.45, 7) is 0. The summed E-state index contributed by atoms with van der Waals surface area (Å²) in [5.74, 6) is 0.834. The van der Waals surface area contributed by atoms with E-state index in [1.165, 1.54) is 14.2 Å². The van der Waals surface area contributed by atoms with Gasteiger partial charge in [-0.05, 0) is 42.5 Å². The predicted octanol–water partition coefficient (Wildman–Crippen LogP) is 3.18. The number of hydrogen-bond acceptors (Lipinski definition) is 5. The van der Waals surface area contributed by atoms with Gasteiger partial charge in [0.15, 0.2) is 11.5 Å². The molecule has 0 fully saturated rings. The van der Waals surface area contributed by atoms with Gasteiger partial charge >= 0.3 is 0 Å². The van der Waals surface area contributed by atoms with Gasteiger partial charge in [-0.3, -0.25) is 4.68 Å². The van der Waals surface area contributed by atoms with Gasteiger partial charge < -0.3 is 19.7 Å². The predicted molar refractivity (Wildman–Crippen MR) is 90.5 cm³/mol. The highest BCUT2D eigenvalue weighted by atomic mass is 16.5. The Morgan fingerprint density at radius 3 is 2.00 bits per heavy atom. The number of rotatable bonds is 4. The van der Waals surface area contributed by atoms with Gasteiger partial charge in [0.1, 0.15) is 5.75 Å². The minimum Gasteiger partial charge on any atom is -0.508 e. The van der Waals surface area contributed by atoms with Crippen molar-refractivity contribution in [2.24, 2.45) is 7.05 Å². The summed E-state index contributed by atoms with van der Waals surface area (Å²) in [4.78, 5) is 0. The van der Waals surface area contributed by atoms with Crippen LogP contribution in [0, 0.1) is 0 Å². The molecule has 0 saturated heterocycles. The number of phenols is 2. The molecular formula is C18H18N2O4. The van der Waals surface area contributed by atoms with E-state index in [4.69, 9.17) is 9.47 Å². The Morgan fingerprint density at radius 1 is 0.875 bits per heavy atom. The molecule has 6 nitrogen and oxygen atoms in total. The van der Waals surface area contributed by atoms with Crippen LogP contribution in [0.2, 0.25) is 0 Å². The van der Waals surface area contributed by atoms with Gasteiger partial charge in [-0.1, -0.05) is 0 Å².